The molecule has 16 heavy (non-hydrogen) atoms. The van der Waals surface area contributed by atoms with Crippen molar-refractivity contribution in [2.24, 2.45) is 5.41 Å². The third-order valence-electron chi connectivity index (χ3n) is 3.52. The van der Waals surface area contributed by atoms with Crippen molar-refractivity contribution in [2.75, 3.05) is 0 Å². The van der Waals surface area contributed by atoms with Gasteiger partial charge >= 0.3 is 0 Å². The van der Waals surface area contributed by atoms with Crippen LogP contribution in [0.1, 0.15) is 40.5 Å². The van der Waals surface area contributed by atoms with Crippen molar-refractivity contribution in [1.82, 2.24) is 0 Å². The first kappa shape index (κ1) is 11.3. The largest absolute Gasteiger partial charge is 0.461 e. The second-order valence-corrected chi connectivity index (χ2v) is 4.86. The van der Waals surface area contributed by atoms with Crippen molar-refractivity contribution in [2.45, 2.75) is 40.5 Å². The van der Waals surface area contributed by atoms with E-state index in [0.29, 0.717) is 0 Å². The summed E-state index contributed by atoms with van der Waals surface area (Å²) in [4.78, 5) is 0. The highest BCUT2D eigenvalue weighted by molar-refractivity contribution is 5.48. The van der Waals surface area contributed by atoms with E-state index < -0.39 is 0 Å². The van der Waals surface area contributed by atoms with Gasteiger partial charge in [-0.2, -0.15) is 0 Å². The Morgan fingerprint density at radius 2 is 2.00 bits per heavy atom. The maximum atomic E-state index is 6.00. The van der Waals surface area contributed by atoms with Crippen LogP contribution in [0, 0.1) is 5.41 Å². The van der Waals surface area contributed by atoms with E-state index in [1.165, 1.54) is 11.1 Å². The van der Waals surface area contributed by atoms with Gasteiger partial charge in [0.25, 0.3) is 0 Å². The first-order chi connectivity index (χ1) is 7.61. The lowest BCUT2D eigenvalue weighted by atomic mass is 9.72. The third-order valence-corrected chi connectivity index (χ3v) is 3.52. The van der Waals surface area contributed by atoms with Gasteiger partial charge in [0.1, 0.15) is 11.5 Å². The van der Waals surface area contributed by atoms with Crippen LogP contribution in [0.3, 0.4) is 0 Å². The zero-order valence-electron chi connectivity index (χ0n) is 10.6. The van der Waals surface area contributed by atoms with Crippen LogP contribution in [-0.4, -0.2) is 0 Å². The standard InChI is InChI=1S/C15H20O/c1-5-11-13(6-2)16-14-10-8-7-9-12(14)15(11,3)4/h5-7,9H,8,10H2,1-4H3/b11-5+,13-6+. The molecule has 0 saturated carbocycles. The first-order valence-electron chi connectivity index (χ1n) is 6.02. The van der Waals surface area contributed by atoms with Crippen LogP contribution in [0.25, 0.3) is 0 Å². The van der Waals surface area contributed by atoms with Gasteiger partial charge in [0.15, 0.2) is 0 Å². The van der Waals surface area contributed by atoms with Gasteiger partial charge < -0.3 is 4.74 Å². The number of allylic oxidation sites excluding steroid dienone is 7. The fourth-order valence-electron chi connectivity index (χ4n) is 2.66. The summed E-state index contributed by atoms with van der Waals surface area (Å²) in [6, 6.07) is 0. The molecule has 0 radical (unpaired) electrons. The Balaban J connectivity index is 2.57. The fourth-order valence-corrected chi connectivity index (χ4v) is 2.66. The van der Waals surface area contributed by atoms with Gasteiger partial charge in [0.2, 0.25) is 0 Å². The molecule has 1 heteroatoms. The van der Waals surface area contributed by atoms with Gasteiger partial charge in [0, 0.05) is 23.0 Å². The van der Waals surface area contributed by atoms with Gasteiger partial charge in [-0.1, -0.05) is 32.1 Å². The van der Waals surface area contributed by atoms with Gasteiger partial charge in [-0.05, 0) is 26.3 Å². The summed E-state index contributed by atoms with van der Waals surface area (Å²) < 4.78 is 6.00. The van der Waals surface area contributed by atoms with E-state index in [9.17, 15) is 0 Å². The average Bonchev–Trinajstić information content (AvgIpc) is 2.28. The lowest BCUT2D eigenvalue weighted by Gasteiger charge is -2.38. The monoisotopic (exact) mass is 216 g/mol. The molecule has 0 saturated heterocycles. The number of hydrogen-bond donors (Lipinski definition) is 0. The summed E-state index contributed by atoms with van der Waals surface area (Å²) in [6.45, 7) is 8.68. The zero-order valence-corrected chi connectivity index (χ0v) is 10.6. The molecule has 86 valence electrons. The molecule has 1 aliphatic carbocycles. The van der Waals surface area contributed by atoms with E-state index >= 15 is 0 Å². The van der Waals surface area contributed by atoms with Crippen LogP contribution in [0.5, 0.6) is 0 Å². The molecule has 0 aromatic rings. The van der Waals surface area contributed by atoms with E-state index in [0.717, 1.165) is 24.4 Å². The maximum absolute atomic E-state index is 6.00. The molecular formula is C15H20O. The van der Waals surface area contributed by atoms with Crippen molar-refractivity contribution < 1.29 is 4.74 Å². The zero-order chi connectivity index (χ0) is 11.8. The smallest absolute Gasteiger partial charge is 0.126 e. The lowest BCUT2D eigenvalue weighted by molar-refractivity contribution is 0.246. The van der Waals surface area contributed by atoms with Crippen molar-refractivity contribution in [3.8, 4) is 0 Å². The molecular weight excluding hydrogens is 196 g/mol. The minimum Gasteiger partial charge on any atom is -0.461 e. The molecule has 0 atom stereocenters. The summed E-state index contributed by atoms with van der Waals surface area (Å²) in [7, 11) is 0. The minimum absolute atomic E-state index is 0.0705. The van der Waals surface area contributed by atoms with Crippen molar-refractivity contribution in [3.63, 3.8) is 0 Å². The molecule has 1 nitrogen and oxygen atoms in total. The normalized spacial score (nSPS) is 28.2. The van der Waals surface area contributed by atoms with E-state index in [1.54, 1.807) is 0 Å². The highest BCUT2D eigenvalue weighted by atomic mass is 16.5. The number of ether oxygens (including phenoxy) is 1. The Hall–Kier alpha value is -1.24. The highest BCUT2D eigenvalue weighted by Gasteiger charge is 2.37. The Bertz CT molecular complexity index is 417. The van der Waals surface area contributed by atoms with Crippen LogP contribution in [0.4, 0.5) is 0 Å². The predicted octanol–water partition coefficient (Wildman–Crippen LogP) is 4.50. The van der Waals surface area contributed by atoms with Crippen molar-refractivity contribution in [3.05, 3.63) is 47.0 Å². The van der Waals surface area contributed by atoms with Crippen molar-refractivity contribution >= 4 is 0 Å². The van der Waals surface area contributed by atoms with Gasteiger partial charge in [-0.3, -0.25) is 0 Å². The molecule has 0 bridgehead atoms. The first-order valence-corrected chi connectivity index (χ1v) is 6.02. The summed E-state index contributed by atoms with van der Waals surface area (Å²) in [5, 5.41) is 0. The van der Waals surface area contributed by atoms with E-state index in [-0.39, 0.29) is 5.41 Å². The quantitative estimate of drug-likeness (QED) is 0.579. The van der Waals surface area contributed by atoms with E-state index in [4.69, 9.17) is 4.74 Å². The summed E-state index contributed by atoms with van der Waals surface area (Å²) in [5.41, 5.74) is 2.71. The summed E-state index contributed by atoms with van der Waals surface area (Å²) >= 11 is 0. The number of rotatable bonds is 0. The molecule has 0 aromatic carbocycles. The molecule has 0 spiro atoms. The summed E-state index contributed by atoms with van der Waals surface area (Å²) in [5.74, 6) is 2.19. The molecule has 0 amide bonds. The molecule has 0 N–H and O–H groups in total. The number of hydrogen-bond acceptors (Lipinski definition) is 1. The second-order valence-electron chi connectivity index (χ2n) is 4.86. The molecule has 2 aliphatic rings. The molecule has 2 rings (SSSR count). The van der Waals surface area contributed by atoms with Crippen LogP contribution in [0.15, 0.2) is 47.0 Å². The SMILES string of the molecule is C/C=C1\C(=C/C)OC2=C(C=CCC2)C1(C)C. The second kappa shape index (κ2) is 3.97. The van der Waals surface area contributed by atoms with Gasteiger partial charge in [0.05, 0.1) is 0 Å². The minimum atomic E-state index is 0.0705. The lowest BCUT2D eigenvalue weighted by Crippen LogP contribution is -2.27. The fraction of sp³-hybridized carbons (Fsp3) is 0.467. The Morgan fingerprint density at radius 3 is 2.62 bits per heavy atom. The highest BCUT2D eigenvalue weighted by Crippen LogP contribution is 2.48. The van der Waals surface area contributed by atoms with Gasteiger partial charge in [-0.25, -0.2) is 0 Å². The average molecular weight is 216 g/mol. The van der Waals surface area contributed by atoms with Gasteiger partial charge in [-0.15, -0.1) is 0 Å². The van der Waals surface area contributed by atoms with E-state index in [1.807, 2.05) is 6.92 Å². The Labute approximate surface area is 98.2 Å². The van der Waals surface area contributed by atoms with Crippen LogP contribution < -0.4 is 0 Å². The van der Waals surface area contributed by atoms with Crippen LogP contribution in [-0.2, 0) is 4.74 Å². The Kier molecular flexibility index (Phi) is 2.79. The van der Waals surface area contributed by atoms with Crippen LogP contribution >= 0.6 is 0 Å². The topological polar surface area (TPSA) is 9.23 Å². The summed E-state index contributed by atoms with van der Waals surface area (Å²) in [6.07, 6.45) is 10.8. The molecule has 1 aliphatic heterocycles. The molecule has 0 aromatic heterocycles. The van der Waals surface area contributed by atoms with Crippen molar-refractivity contribution in [1.29, 1.82) is 0 Å². The van der Waals surface area contributed by atoms with E-state index in [2.05, 4.69) is 45.1 Å². The molecule has 0 unspecified atom stereocenters. The van der Waals surface area contributed by atoms with Crippen LogP contribution in [0.2, 0.25) is 0 Å². The Morgan fingerprint density at radius 1 is 1.25 bits per heavy atom. The molecule has 1 heterocycles. The maximum Gasteiger partial charge on any atom is 0.126 e. The predicted molar refractivity (Wildman–Crippen MR) is 67.8 cm³/mol. The third kappa shape index (κ3) is 1.55. The molecule has 0 fully saturated rings.